The van der Waals surface area contributed by atoms with Crippen LogP contribution in [0.5, 0.6) is 0 Å². The van der Waals surface area contributed by atoms with Crippen molar-refractivity contribution in [3.8, 4) is 0 Å². The normalized spacial score (nSPS) is 18.3. The Hall–Kier alpha value is -0.440. The molecule has 72 valence electrons. The minimum atomic E-state index is -0.183. The number of halogens is 1. The second-order valence-corrected chi connectivity index (χ2v) is 3.14. The summed E-state index contributed by atoms with van der Waals surface area (Å²) in [5.74, 6) is 0.760. The minimum absolute atomic E-state index is 0. The lowest BCUT2D eigenvalue weighted by atomic mass is 10.00. The molecule has 0 spiro atoms. The molecule has 0 aromatic heterocycles. The molecule has 0 saturated carbocycles. The predicted octanol–water partition coefficient (Wildman–Crippen LogP) is 1.91. The standard InChI is InChI=1S/C8H15NO2.ClH/c1-7-3-5-9(6-4-7)8(10)11-2;/h7H,3-6H2,1-2H3;1H. The first-order chi connectivity index (χ1) is 5.24. The summed E-state index contributed by atoms with van der Waals surface area (Å²) in [7, 11) is 1.43. The number of piperidine rings is 1. The zero-order valence-electron chi connectivity index (χ0n) is 7.58. The summed E-state index contributed by atoms with van der Waals surface area (Å²) in [5.41, 5.74) is 0. The van der Waals surface area contributed by atoms with Gasteiger partial charge in [0.15, 0.2) is 0 Å². The third-order valence-corrected chi connectivity index (χ3v) is 2.22. The average molecular weight is 194 g/mol. The lowest BCUT2D eigenvalue weighted by molar-refractivity contribution is 0.108. The van der Waals surface area contributed by atoms with Gasteiger partial charge in [-0.2, -0.15) is 0 Å². The van der Waals surface area contributed by atoms with Crippen LogP contribution in [0.1, 0.15) is 19.8 Å². The van der Waals surface area contributed by atoms with E-state index in [1.807, 2.05) is 0 Å². The molecule has 1 aliphatic heterocycles. The van der Waals surface area contributed by atoms with E-state index >= 15 is 0 Å². The fraction of sp³-hybridized carbons (Fsp3) is 0.875. The Morgan fingerprint density at radius 2 is 1.92 bits per heavy atom. The van der Waals surface area contributed by atoms with Crippen LogP contribution >= 0.6 is 12.4 Å². The molecular weight excluding hydrogens is 178 g/mol. The fourth-order valence-corrected chi connectivity index (χ4v) is 1.32. The van der Waals surface area contributed by atoms with Gasteiger partial charge in [0, 0.05) is 13.1 Å². The molecule has 0 bridgehead atoms. The van der Waals surface area contributed by atoms with E-state index in [0.29, 0.717) is 0 Å². The van der Waals surface area contributed by atoms with Crippen LogP contribution in [-0.2, 0) is 4.74 Å². The molecule has 1 heterocycles. The molecule has 1 saturated heterocycles. The molecule has 0 aromatic rings. The van der Waals surface area contributed by atoms with E-state index in [9.17, 15) is 4.79 Å². The minimum Gasteiger partial charge on any atom is -0.453 e. The van der Waals surface area contributed by atoms with Crippen molar-refractivity contribution >= 4 is 18.5 Å². The molecule has 1 fully saturated rings. The van der Waals surface area contributed by atoms with Crippen molar-refractivity contribution in [3.63, 3.8) is 0 Å². The summed E-state index contributed by atoms with van der Waals surface area (Å²) < 4.78 is 4.61. The van der Waals surface area contributed by atoms with Crippen LogP contribution in [-0.4, -0.2) is 31.2 Å². The number of hydrogen-bond donors (Lipinski definition) is 0. The van der Waals surface area contributed by atoms with E-state index in [1.165, 1.54) is 7.11 Å². The number of carbonyl (C=O) groups excluding carboxylic acids is 1. The van der Waals surface area contributed by atoms with Crippen molar-refractivity contribution in [1.29, 1.82) is 0 Å². The highest BCUT2D eigenvalue weighted by atomic mass is 35.5. The molecule has 1 amide bonds. The van der Waals surface area contributed by atoms with Gasteiger partial charge in [0.05, 0.1) is 7.11 Å². The topological polar surface area (TPSA) is 29.5 Å². The van der Waals surface area contributed by atoms with Gasteiger partial charge in [-0.1, -0.05) is 6.92 Å². The quantitative estimate of drug-likeness (QED) is 0.588. The van der Waals surface area contributed by atoms with E-state index in [2.05, 4.69) is 11.7 Å². The molecule has 3 nitrogen and oxygen atoms in total. The van der Waals surface area contributed by atoms with Crippen LogP contribution < -0.4 is 0 Å². The average Bonchev–Trinajstić information content (AvgIpc) is 2.05. The molecule has 1 aliphatic rings. The summed E-state index contributed by atoms with van der Waals surface area (Å²) in [6.45, 7) is 3.93. The third kappa shape index (κ3) is 2.89. The Kier molecular flexibility index (Phi) is 5.06. The number of ether oxygens (including phenoxy) is 1. The SMILES string of the molecule is COC(=O)N1CCC(C)CC1.Cl. The zero-order chi connectivity index (χ0) is 8.27. The monoisotopic (exact) mass is 193 g/mol. The van der Waals surface area contributed by atoms with E-state index in [-0.39, 0.29) is 18.5 Å². The summed E-state index contributed by atoms with van der Waals surface area (Å²) in [5, 5.41) is 0. The predicted molar refractivity (Wildman–Crippen MR) is 49.6 cm³/mol. The Labute approximate surface area is 79.5 Å². The van der Waals surface area contributed by atoms with Gasteiger partial charge in [-0.25, -0.2) is 4.79 Å². The Bertz CT molecular complexity index is 144. The van der Waals surface area contributed by atoms with Gasteiger partial charge >= 0.3 is 6.09 Å². The first kappa shape index (κ1) is 11.6. The summed E-state index contributed by atoms with van der Waals surface area (Å²) in [6, 6.07) is 0. The number of methoxy groups -OCH3 is 1. The van der Waals surface area contributed by atoms with Crippen molar-refractivity contribution in [2.75, 3.05) is 20.2 Å². The van der Waals surface area contributed by atoms with Crippen LogP contribution in [0.2, 0.25) is 0 Å². The van der Waals surface area contributed by atoms with Gasteiger partial charge in [0.25, 0.3) is 0 Å². The van der Waals surface area contributed by atoms with Crippen molar-refractivity contribution in [2.24, 2.45) is 5.92 Å². The molecule has 0 N–H and O–H groups in total. The number of nitrogens with zero attached hydrogens (tertiary/aromatic N) is 1. The molecule has 12 heavy (non-hydrogen) atoms. The number of likely N-dealkylation sites (tertiary alicyclic amines) is 1. The first-order valence-electron chi connectivity index (χ1n) is 4.07. The molecule has 0 atom stereocenters. The number of amides is 1. The van der Waals surface area contributed by atoms with Crippen molar-refractivity contribution in [3.05, 3.63) is 0 Å². The second kappa shape index (κ2) is 5.25. The highest BCUT2D eigenvalue weighted by Crippen LogP contribution is 2.15. The molecule has 0 aromatic carbocycles. The molecule has 0 unspecified atom stereocenters. The Morgan fingerprint density at radius 3 is 2.33 bits per heavy atom. The third-order valence-electron chi connectivity index (χ3n) is 2.22. The maximum atomic E-state index is 11.0. The zero-order valence-corrected chi connectivity index (χ0v) is 8.39. The van der Waals surface area contributed by atoms with Crippen molar-refractivity contribution in [2.45, 2.75) is 19.8 Å². The highest BCUT2D eigenvalue weighted by Gasteiger charge is 2.19. The number of rotatable bonds is 0. The van der Waals surface area contributed by atoms with Gasteiger partial charge in [-0.3, -0.25) is 0 Å². The lowest BCUT2D eigenvalue weighted by Crippen LogP contribution is -2.37. The molecular formula is C8H16ClNO2. The molecule has 4 heteroatoms. The van der Waals surface area contributed by atoms with Gasteiger partial charge in [-0.05, 0) is 18.8 Å². The largest absolute Gasteiger partial charge is 0.453 e. The van der Waals surface area contributed by atoms with E-state index in [0.717, 1.165) is 31.8 Å². The van der Waals surface area contributed by atoms with Crippen molar-refractivity contribution < 1.29 is 9.53 Å². The molecule has 0 radical (unpaired) electrons. The lowest BCUT2D eigenvalue weighted by Gasteiger charge is -2.28. The number of carbonyl (C=O) groups is 1. The highest BCUT2D eigenvalue weighted by molar-refractivity contribution is 5.85. The smallest absolute Gasteiger partial charge is 0.409 e. The molecule has 1 rings (SSSR count). The fourth-order valence-electron chi connectivity index (χ4n) is 1.32. The second-order valence-electron chi connectivity index (χ2n) is 3.14. The summed E-state index contributed by atoms with van der Waals surface area (Å²) in [4.78, 5) is 12.7. The Balaban J connectivity index is 0.00000121. The van der Waals surface area contributed by atoms with Gasteiger partial charge in [-0.15, -0.1) is 12.4 Å². The Morgan fingerprint density at radius 1 is 1.42 bits per heavy atom. The number of hydrogen-bond acceptors (Lipinski definition) is 2. The van der Waals surface area contributed by atoms with Crippen molar-refractivity contribution in [1.82, 2.24) is 4.90 Å². The van der Waals surface area contributed by atoms with E-state index in [1.54, 1.807) is 4.90 Å². The maximum Gasteiger partial charge on any atom is 0.409 e. The van der Waals surface area contributed by atoms with Crippen LogP contribution in [0, 0.1) is 5.92 Å². The molecule has 0 aliphatic carbocycles. The first-order valence-corrected chi connectivity index (χ1v) is 4.07. The van der Waals surface area contributed by atoms with Crippen LogP contribution in [0.3, 0.4) is 0 Å². The van der Waals surface area contributed by atoms with Crippen LogP contribution in [0.4, 0.5) is 4.79 Å². The van der Waals surface area contributed by atoms with E-state index in [4.69, 9.17) is 0 Å². The van der Waals surface area contributed by atoms with Gasteiger partial charge < -0.3 is 9.64 Å². The van der Waals surface area contributed by atoms with Gasteiger partial charge in [0.1, 0.15) is 0 Å². The van der Waals surface area contributed by atoms with Gasteiger partial charge in [0.2, 0.25) is 0 Å². The van der Waals surface area contributed by atoms with E-state index < -0.39 is 0 Å². The maximum absolute atomic E-state index is 11.0. The summed E-state index contributed by atoms with van der Waals surface area (Å²) in [6.07, 6.45) is 2.03. The summed E-state index contributed by atoms with van der Waals surface area (Å²) >= 11 is 0. The van der Waals surface area contributed by atoms with Crippen LogP contribution in [0.25, 0.3) is 0 Å². The van der Waals surface area contributed by atoms with Crippen LogP contribution in [0.15, 0.2) is 0 Å².